The highest BCUT2D eigenvalue weighted by Gasteiger charge is 2.59. The van der Waals surface area contributed by atoms with E-state index in [0.717, 1.165) is 30.7 Å². The summed E-state index contributed by atoms with van der Waals surface area (Å²) in [4.78, 5) is 22.7. The minimum atomic E-state index is -0.876. The van der Waals surface area contributed by atoms with Crippen LogP contribution in [0.5, 0.6) is 0 Å². The van der Waals surface area contributed by atoms with Crippen molar-refractivity contribution in [3.8, 4) is 0 Å². The fraction of sp³-hybridized carbons (Fsp3) is 0.632. The summed E-state index contributed by atoms with van der Waals surface area (Å²) in [5, 5.41) is 4.20. The van der Waals surface area contributed by atoms with Gasteiger partial charge in [0.2, 0.25) is 5.60 Å². The van der Waals surface area contributed by atoms with Gasteiger partial charge < -0.3 is 9.57 Å². The number of oxime groups is 1. The summed E-state index contributed by atoms with van der Waals surface area (Å²) >= 11 is 0. The predicted octanol–water partition coefficient (Wildman–Crippen LogP) is 3.31. The number of carbonyl (C=O) groups excluding carboxylic acids is 1. The smallest absolute Gasteiger partial charge is 0.354 e. The Kier molecular flexibility index (Phi) is 4.88. The molecule has 1 aliphatic carbocycles. The van der Waals surface area contributed by atoms with Crippen molar-refractivity contribution in [2.75, 3.05) is 6.61 Å². The lowest BCUT2D eigenvalue weighted by Gasteiger charge is -2.25. The normalized spacial score (nSPS) is 25.3. The van der Waals surface area contributed by atoms with Crippen molar-refractivity contribution in [2.24, 2.45) is 17.0 Å². The van der Waals surface area contributed by atoms with Gasteiger partial charge in [0, 0.05) is 24.7 Å². The second kappa shape index (κ2) is 6.91. The molecule has 5 nitrogen and oxygen atoms in total. The molecular weight excluding hydrogens is 304 g/mol. The first-order valence-electron chi connectivity index (χ1n) is 8.94. The lowest BCUT2D eigenvalue weighted by atomic mass is 9.83. The van der Waals surface area contributed by atoms with Crippen molar-refractivity contribution in [1.82, 2.24) is 4.98 Å². The number of ether oxygens (including phenoxy) is 1. The SMILES string of the molecule is CCc1ccc(CCOC(=O)C23CCCC2C(C(C)C)=NO3)nc1. The molecule has 130 valence electrons. The number of rotatable bonds is 6. The molecule has 0 amide bonds. The molecule has 0 spiro atoms. The number of nitrogens with zero attached hydrogens (tertiary/aromatic N) is 2. The second-order valence-electron chi connectivity index (χ2n) is 6.99. The molecule has 1 aromatic rings. The summed E-state index contributed by atoms with van der Waals surface area (Å²) in [5.74, 6) is 0.102. The Bertz CT molecular complexity index is 624. The zero-order chi connectivity index (χ0) is 17.2. The van der Waals surface area contributed by atoms with Gasteiger partial charge in [-0.1, -0.05) is 32.0 Å². The van der Waals surface area contributed by atoms with E-state index in [2.05, 4.69) is 37.0 Å². The van der Waals surface area contributed by atoms with Crippen LogP contribution in [0.4, 0.5) is 0 Å². The van der Waals surface area contributed by atoms with Gasteiger partial charge in [-0.2, -0.15) is 0 Å². The third-order valence-corrected chi connectivity index (χ3v) is 5.10. The number of carbonyl (C=O) groups is 1. The summed E-state index contributed by atoms with van der Waals surface area (Å²) in [5.41, 5.74) is 2.27. The van der Waals surface area contributed by atoms with Crippen molar-refractivity contribution in [2.45, 2.75) is 58.5 Å². The third kappa shape index (κ3) is 3.04. The van der Waals surface area contributed by atoms with E-state index in [0.29, 0.717) is 25.4 Å². The summed E-state index contributed by atoms with van der Waals surface area (Å²) in [6.07, 6.45) is 6.10. The van der Waals surface area contributed by atoms with E-state index < -0.39 is 5.60 Å². The molecule has 0 N–H and O–H groups in total. The molecule has 24 heavy (non-hydrogen) atoms. The molecule has 1 fully saturated rings. The number of aromatic nitrogens is 1. The lowest BCUT2D eigenvalue weighted by molar-refractivity contribution is -0.171. The number of hydrogen-bond donors (Lipinski definition) is 0. The van der Waals surface area contributed by atoms with Crippen LogP contribution in [-0.4, -0.2) is 28.9 Å². The Labute approximate surface area is 143 Å². The first-order chi connectivity index (χ1) is 11.6. The molecule has 2 atom stereocenters. The third-order valence-electron chi connectivity index (χ3n) is 5.10. The maximum absolute atomic E-state index is 12.7. The van der Waals surface area contributed by atoms with Crippen LogP contribution in [0.2, 0.25) is 0 Å². The van der Waals surface area contributed by atoms with Gasteiger partial charge in [-0.05, 0) is 36.8 Å². The highest BCUT2D eigenvalue weighted by Crippen LogP contribution is 2.46. The molecule has 1 saturated carbocycles. The number of fused-ring (bicyclic) bond motifs is 1. The minimum Gasteiger partial charge on any atom is -0.462 e. The molecule has 0 bridgehead atoms. The van der Waals surface area contributed by atoms with Gasteiger partial charge in [0.15, 0.2) is 0 Å². The van der Waals surface area contributed by atoms with Gasteiger partial charge in [0.25, 0.3) is 0 Å². The summed E-state index contributed by atoms with van der Waals surface area (Å²) in [6.45, 7) is 6.61. The van der Waals surface area contributed by atoms with E-state index in [1.807, 2.05) is 12.3 Å². The molecule has 0 saturated heterocycles. The topological polar surface area (TPSA) is 60.8 Å². The lowest BCUT2D eigenvalue weighted by Crippen LogP contribution is -2.45. The average Bonchev–Trinajstić information content (AvgIpc) is 3.14. The maximum atomic E-state index is 12.7. The number of aryl methyl sites for hydroxylation is 1. The van der Waals surface area contributed by atoms with E-state index in [-0.39, 0.29) is 11.9 Å². The van der Waals surface area contributed by atoms with Crippen molar-refractivity contribution in [1.29, 1.82) is 0 Å². The van der Waals surface area contributed by atoms with E-state index in [1.54, 1.807) is 0 Å². The maximum Gasteiger partial charge on any atom is 0.354 e. The van der Waals surface area contributed by atoms with Crippen molar-refractivity contribution in [3.05, 3.63) is 29.6 Å². The fourth-order valence-corrected chi connectivity index (χ4v) is 3.64. The van der Waals surface area contributed by atoms with Crippen molar-refractivity contribution in [3.63, 3.8) is 0 Å². The van der Waals surface area contributed by atoms with Gasteiger partial charge >= 0.3 is 5.97 Å². The number of esters is 1. The molecule has 1 aromatic heterocycles. The Balaban J connectivity index is 1.57. The second-order valence-corrected chi connectivity index (χ2v) is 6.99. The minimum absolute atomic E-state index is 0.0759. The van der Waals surface area contributed by atoms with Crippen molar-refractivity contribution >= 4 is 11.7 Å². The first-order valence-corrected chi connectivity index (χ1v) is 8.94. The first kappa shape index (κ1) is 16.9. The fourth-order valence-electron chi connectivity index (χ4n) is 3.64. The molecule has 2 unspecified atom stereocenters. The number of pyridine rings is 1. The van der Waals surface area contributed by atoms with E-state index in [4.69, 9.17) is 9.57 Å². The van der Waals surface area contributed by atoms with E-state index in [9.17, 15) is 4.79 Å². The van der Waals surface area contributed by atoms with Gasteiger partial charge in [-0.15, -0.1) is 0 Å². The van der Waals surface area contributed by atoms with Gasteiger partial charge in [-0.3, -0.25) is 4.98 Å². The Morgan fingerprint density at radius 2 is 2.29 bits per heavy atom. The zero-order valence-corrected chi connectivity index (χ0v) is 14.7. The van der Waals surface area contributed by atoms with Crippen LogP contribution in [-0.2, 0) is 27.2 Å². The Hall–Kier alpha value is -1.91. The largest absolute Gasteiger partial charge is 0.462 e. The van der Waals surface area contributed by atoms with Crippen LogP contribution in [0.25, 0.3) is 0 Å². The van der Waals surface area contributed by atoms with Crippen LogP contribution >= 0.6 is 0 Å². The molecule has 2 heterocycles. The molecule has 0 radical (unpaired) electrons. The molecular formula is C19H26N2O3. The Morgan fingerprint density at radius 1 is 1.46 bits per heavy atom. The quantitative estimate of drug-likeness (QED) is 0.751. The molecule has 5 heteroatoms. The van der Waals surface area contributed by atoms with E-state index in [1.165, 1.54) is 5.56 Å². The predicted molar refractivity (Wildman–Crippen MR) is 91.7 cm³/mol. The van der Waals surface area contributed by atoms with Crippen LogP contribution in [0, 0.1) is 11.8 Å². The van der Waals surface area contributed by atoms with E-state index >= 15 is 0 Å². The molecule has 1 aliphatic heterocycles. The summed E-state index contributed by atoms with van der Waals surface area (Å²) < 4.78 is 5.54. The Morgan fingerprint density at radius 3 is 2.96 bits per heavy atom. The molecule has 3 rings (SSSR count). The monoisotopic (exact) mass is 330 g/mol. The standard InChI is InChI=1S/C19H26N2O3/c1-4-14-7-8-15(20-12-14)9-11-23-18(22)19-10-5-6-16(19)17(13(2)3)21-24-19/h7-8,12-13,16H,4-6,9-11H2,1-3H3. The van der Waals surface area contributed by atoms with Gasteiger partial charge in [0.05, 0.1) is 18.2 Å². The van der Waals surface area contributed by atoms with Crippen molar-refractivity contribution < 1.29 is 14.4 Å². The average molecular weight is 330 g/mol. The van der Waals surface area contributed by atoms with Gasteiger partial charge in [0.1, 0.15) is 0 Å². The zero-order valence-electron chi connectivity index (χ0n) is 14.7. The molecule has 2 aliphatic rings. The van der Waals surface area contributed by atoms with Crippen LogP contribution in [0.3, 0.4) is 0 Å². The summed E-state index contributed by atoms with van der Waals surface area (Å²) in [6, 6.07) is 4.06. The highest BCUT2D eigenvalue weighted by molar-refractivity contribution is 5.97. The highest BCUT2D eigenvalue weighted by atomic mass is 16.7. The summed E-state index contributed by atoms with van der Waals surface area (Å²) in [7, 11) is 0. The van der Waals surface area contributed by atoms with Crippen LogP contribution in [0.15, 0.2) is 23.5 Å². The van der Waals surface area contributed by atoms with Crippen LogP contribution in [0.1, 0.15) is 51.3 Å². The number of hydrogen-bond acceptors (Lipinski definition) is 5. The van der Waals surface area contributed by atoms with Gasteiger partial charge in [-0.25, -0.2) is 4.79 Å². The molecule has 0 aromatic carbocycles. The van der Waals surface area contributed by atoms with Crippen LogP contribution < -0.4 is 0 Å².